The van der Waals surface area contributed by atoms with E-state index < -0.39 is 10.1 Å². The number of hydrogen-bond donors (Lipinski definition) is 0. The summed E-state index contributed by atoms with van der Waals surface area (Å²) in [5, 5.41) is 0. The van der Waals surface area contributed by atoms with Crippen LogP contribution < -0.4 is 0 Å². The Hall–Kier alpha value is -2.47. The highest BCUT2D eigenvalue weighted by Gasteiger charge is 2.22. The van der Waals surface area contributed by atoms with Gasteiger partial charge in [0.1, 0.15) is 0 Å². The maximum atomic E-state index is 11.7. The predicted octanol–water partition coefficient (Wildman–Crippen LogP) is 4.28. The van der Waals surface area contributed by atoms with Gasteiger partial charge < -0.3 is 0 Å². The molecule has 152 valence electrons. The molecule has 0 aliphatic carbocycles. The fraction of sp³-hybridized carbons (Fsp3) is 0.250. The standard InChI is InChI=1S/C24H27NO3S/c1-29(26,27)28-20-24(17-21-11-5-2-6-12-21)25(18-22-13-7-3-8-14-22)19-23-15-9-4-10-16-23/h2-16,24H,17-20H2,1H3/t24-/m0/s1. The Morgan fingerprint density at radius 3 is 1.55 bits per heavy atom. The maximum absolute atomic E-state index is 11.7. The van der Waals surface area contributed by atoms with Gasteiger partial charge in [0, 0.05) is 19.1 Å². The van der Waals surface area contributed by atoms with E-state index in [1.807, 2.05) is 54.6 Å². The van der Waals surface area contributed by atoms with E-state index in [9.17, 15) is 8.42 Å². The third-order valence-corrected chi connectivity index (χ3v) is 5.33. The van der Waals surface area contributed by atoms with Gasteiger partial charge in [-0.1, -0.05) is 91.0 Å². The normalized spacial score (nSPS) is 12.8. The molecular weight excluding hydrogens is 382 g/mol. The Morgan fingerprint density at radius 1 is 0.724 bits per heavy atom. The molecule has 0 saturated carbocycles. The molecule has 3 rings (SSSR count). The highest BCUT2D eigenvalue weighted by atomic mass is 32.2. The van der Waals surface area contributed by atoms with Crippen molar-refractivity contribution in [3.63, 3.8) is 0 Å². The van der Waals surface area contributed by atoms with E-state index in [0.717, 1.165) is 11.8 Å². The summed E-state index contributed by atoms with van der Waals surface area (Å²) in [6.07, 6.45) is 1.81. The zero-order valence-corrected chi connectivity index (χ0v) is 17.5. The minimum atomic E-state index is -3.52. The fourth-order valence-corrected chi connectivity index (χ4v) is 3.74. The number of benzene rings is 3. The van der Waals surface area contributed by atoms with Crippen LogP contribution in [0.2, 0.25) is 0 Å². The molecule has 0 aliphatic rings. The maximum Gasteiger partial charge on any atom is 0.264 e. The van der Waals surface area contributed by atoms with Gasteiger partial charge in [-0.15, -0.1) is 0 Å². The molecule has 0 saturated heterocycles. The highest BCUT2D eigenvalue weighted by Crippen LogP contribution is 2.18. The van der Waals surface area contributed by atoms with Crippen LogP contribution in [0.25, 0.3) is 0 Å². The zero-order chi connectivity index (χ0) is 20.5. The first-order chi connectivity index (χ1) is 14.0. The first kappa shape index (κ1) is 21.2. The van der Waals surface area contributed by atoms with Crippen LogP contribution >= 0.6 is 0 Å². The molecule has 0 spiro atoms. The molecule has 29 heavy (non-hydrogen) atoms. The molecule has 0 bridgehead atoms. The molecule has 0 aromatic heterocycles. The van der Waals surface area contributed by atoms with Crippen molar-refractivity contribution in [2.75, 3.05) is 12.9 Å². The Labute approximate surface area is 173 Å². The van der Waals surface area contributed by atoms with Crippen molar-refractivity contribution in [1.82, 2.24) is 4.90 Å². The Kier molecular flexibility index (Phi) is 7.58. The van der Waals surface area contributed by atoms with E-state index in [-0.39, 0.29) is 12.6 Å². The third-order valence-electron chi connectivity index (χ3n) is 4.76. The highest BCUT2D eigenvalue weighted by molar-refractivity contribution is 7.85. The van der Waals surface area contributed by atoms with E-state index in [4.69, 9.17) is 4.18 Å². The van der Waals surface area contributed by atoms with Crippen LogP contribution in [0.15, 0.2) is 91.0 Å². The van der Waals surface area contributed by atoms with Gasteiger partial charge in [0.25, 0.3) is 10.1 Å². The quantitative estimate of drug-likeness (QED) is 0.469. The van der Waals surface area contributed by atoms with Crippen LogP contribution in [0.4, 0.5) is 0 Å². The van der Waals surface area contributed by atoms with Gasteiger partial charge in [-0.2, -0.15) is 8.42 Å². The van der Waals surface area contributed by atoms with Crippen molar-refractivity contribution >= 4 is 10.1 Å². The van der Waals surface area contributed by atoms with Gasteiger partial charge in [0.15, 0.2) is 0 Å². The van der Waals surface area contributed by atoms with Crippen LogP contribution in [-0.2, 0) is 33.8 Å². The van der Waals surface area contributed by atoms with E-state index in [1.165, 1.54) is 11.1 Å². The molecule has 0 heterocycles. The summed E-state index contributed by atoms with van der Waals surface area (Å²) in [6.45, 7) is 1.54. The SMILES string of the molecule is CS(=O)(=O)OC[C@H](Cc1ccccc1)N(Cc1ccccc1)Cc1ccccc1. The minimum absolute atomic E-state index is 0.0902. The van der Waals surface area contributed by atoms with Crippen LogP contribution in [0.5, 0.6) is 0 Å². The second kappa shape index (κ2) is 10.3. The van der Waals surface area contributed by atoms with Gasteiger partial charge in [0.05, 0.1) is 12.9 Å². The van der Waals surface area contributed by atoms with E-state index in [0.29, 0.717) is 19.5 Å². The van der Waals surface area contributed by atoms with Crippen molar-refractivity contribution in [2.45, 2.75) is 25.6 Å². The number of nitrogens with zero attached hydrogens (tertiary/aromatic N) is 1. The number of rotatable bonds is 10. The second-order valence-corrected chi connectivity index (χ2v) is 8.85. The lowest BCUT2D eigenvalue weighted by atomic mass is 10.0. The van der Waals surface area contributed by atoms with Crippen LogP contribution in [0.1, 0.15) is 16.7 Å². The number of hydrogen-bond acceptors (Lipinski definition) is 4. The average Bonchev–Trinajstić information content (AvgIpc) is 2.72. The first-order valence-electron chi connectivity index (χ1n) is 9.70. The Bertz CT molecular complexity index is 919. The minimum Gasteiger partial charge on any atom is -0.289 e. The molecule has 0 radical (unpaired) electrons. The Morgan fingerprint density at radius 2 is 1.14 bits per heavy atom. The summed E-state index contributed by atoms with van der Waals surface area (Å²) in [5.74, 6) is 0. The van der Waals surface area contributed by atoms with E-state index in [1.54, 1.807) is 0 Å². The lowest BCUT2D eigenvalue weighted by Crippen LogP contribution is -2.40. The lowest BCUT2D eigenvalue weighted by Gasteiger charge is -2.32. The summed E-state index contributed by atoms with van der Waals surface area (Å²) < 4.78 is 28.6. The van der Waals surface area contributed by atoms with Crippen molar-refractivity contribution < 1.29 is 12.6 Å². The molecule has 0 fully saturated rings. The second-order valence-electron chi connectivity index (χ2n) is 7.21. The summed E-state index contributed by atoms with van der Waals surface area (Å²) >= 11 is 0. The average molecular weight is 410 g/mol. The molecule has 1 atom stereocenters. The van der Waals surface area contributed by atoms with Crippen LogP contribution in [0.3, 0.4) is 0 Å². The van der Waals surface area contributed by atoms with Crippen LogP contribution in [-0.4, -0.2) is 32.2 Å². The van der Waals surface area contributed by atoms with Gasteiger partial charge in [-0.25, -0.2) is 0 Å². The topological polar surface area (TPSA) is 46.6 Å². The third kappa shape index (κ3) is 7.46. The van der Waals surface area contributed by atoms with Crippen molar-refractivity contribution in [3.8, 4) is 0 Å². The molecule has 4 nitrogen and oxygen atoms in total. The summed E-state index contributed by atoms with van der Waals surface area (Å²) in [7, 11) is -3.52. The molecule has 0 N–H and O–H groups in total. The van der Waals surface area contributed by atoms with E-state index >= 15 is 0 Å². The molecule has 0 amide bonds. The van der Waals surface area contributed by atoms with Crippen molar-refractivity contribution in [1.29, 1.82) is 0 Å². The molecule has 5 heteroatoms. The van der Waals surface area contributed by atoms with Crippen LogP contribution in [0, 0.1) is 0 Å². The summed E-state index contributed by atoms with van der Waals surface area (Å²) in [5.41, 5.74) is 3.52. The molecular formula is C24H27NO3S. The van der Waals surface area contributed by atoms with Gasteiger partial charge in [-0.3, -0.25) is 9.08 Å². The predicted molar refractivity (Wildman–Crippen MR) is 117 cm³/mol. The lowest BCUT2D eigenvalue weighted by molar-refractivity contribution is 0.123. The molecule has 0 aliphatic heterocycles. The van der Waals surface area contributed by atoms with Gasteiger partial charge in [-0.05, 0) is 23.1 Å². The summed E-state index contributed by atoms with van der Waals surface area (Å²) in [4.78, 5) is 2.29. The van der Waals surface area contributed by atoms with Gasteiger partial charge in [0.2, 0.25) is 0 Å². The van der Waals surface area contributed by atoms with Crippen molar-refractivity contribution in [3.05, 3.63) is 108 Å². The monoisotopic (exact) mass is 409 g/mol. The summed E-state index contributed by atoms with van der Waals surface area (Å²) in [6, 6.07) is 30.5. The Balaban J connectivity index is 1.88. The van der Waals surface area contributed by atoms with Crippen molar-refractivity contribution in [2.24, 2.45) is 0 Å². The first-order valence-corrected chi connectivity index (χ1v) is 11.5. The largest absolute Gasteiger partial charge is 0.289 e. The fourth-order valence-electron chi connectivity index (χ4n) is 3.33. The molecule has 3 aromatic carbocycles. The molecule has 0 unspecified atom stereocenters. The molecule has 3 aromatic rings. The van der Waals surface area contributed by atoms with Gasteiger partial charge >= 0.3 is 0 Å². The smallest absolute Gasteiger partial charge is 0.264 e. The zero-order valence-electron chi connectivity index (χ0n) is 16.6. The van der Waals surface area contributed by atoms with E-state index in [2.05, 4.69) is 41.3 Å².